The van der Waals surface area contributed by atoms with Crippen LogP contribution < -0.4 is 4.72 Å². The van der Waals surface area contributed by atoms with Gasteiger partial charge in [-0.25, -0.2) is 13.1 Å². The van der Waals surface area contributed by atoms with E-state index < -0.39 is 16.1 Å². The van der Waals surface area contributed by atoms with Gasteiger partial charge in [-0.15, -0.1) is 10.2 Å². The lowest BCUT2D eigenvalue weighted by Crippen LogP contribution is -2.29. The second-order valence-electron chi connectivity index (χ2n) is 5.92. The Balaban J connectivity index is 1.85. The van der Waals surface area contributed by atoms with Crippen molar-refractivity contribution in [1.29, 1.82) is 5.26 Å². The number of hydrogen-bond donors (Lipinski definition) is 1. The minimum absolute atomic E-state index is 0.0732. The standard InChI is InChI=1S/C16H19N5O2S/c1-12(16-19-18-15-8-3-2-4-9-21(15)16)20-24(22,23)14-7-5-6-13(10-14)11-17/h5-7,10,12,20H,2-4,8-9H2,1H3. The molecule has 0 amide bonds. The predicted molar refractivity (Wildman–Crippen MR) is 87.5 cm³/mol. The molecule has 0 aliphatic carbocycles. The number of aryl methyl sites for hydroxylation is 1. The van der Waals surface area contributed by atoms with Gasteiger partial charge in [0, 0.05) is 13.0 Å². The Bertz CT molecular complexity index is 882. The lowest BCUT2D eigenvalue weighted by molar-refractivity contribution is 0.534. The summed E-state index contributed by atoms with van der Waals surface area (Å²) in [5.74, 6) is 1.55. The van der Waals surface area contributed by atoms with E-state index >= 15 is 0 Å². The van der Waals surface area contributed by atoms with Crippen LogP contribution in [0.2, 0.25) is 0 Å². The van der Waals surface area contributed by atoms with Crippen LogP contribution in [-0.4, -0.2) is 23.2 Å². The molecular weight excluding hydrogens is 326 g/mol. The smallest absolute Gasteiger partial charge is 0.241 e. The second-order valence-corrected chi connectivity index (χ2v) is 7.63. The fourth-order valence-corrected chi connectivity index (χ4v) is 4.16. The third-order valence-corrected chi connectivity index (χ3v) is 5.67. The molecule has 2 aromatic rings. The van der Waals surface area contributed by atoms with Crippen molar-refractivity contribution in [3.05, 3.63) is 41.5 Å². The van der Waals surface area contributed by atoms with E-state index in [4.69, 9.17) is 5.26 Å². The highest BCUT2D eigenvalue weighted by atomic mass is 32.2. The van der Waals surface area contributed by atoms with Crippen molar-refractivity contribution in [2.45, 2.75) is 50.1 Å². The maximum absolute atomic E-state index is 12.6. The molecule has 1 aliphatic heterocycles. The number of rotatable bonds is 4. The fourth-order valence-electron chi connectivity index (χ4n) is 2.91. The van der Waals surface area contributed by atoms with Crippen molar-refractivity contribution in [1.82, 2.24) is 19.5 Å². The summed E-state index contributed by atoms with van der Waals surface area (Å²) in [7, 11) is -3.74. The van der Waals surface area contributed by atoms with Gasteiger partial charge >= 0.3 is 0 Å². The monoisotopic (exact) mass is 345 g/mol. The highest BCUT2D eigenvalue weighted by Crippen LogP contribution is 2.20. The molecule has 0 saturated carbocycles. The van der Waals surface area contributed by atoms with Gasteiger partial charge in [-0.3, -0.25) is 0 Å². The third kappa shape index (κ3) is 3.32. The Hall–Kier alpha value is -2.24. The van der Waals surface area contributed by atoms with Gasteiger partial charge < -0.3 is 4.57 Å². The quantitative estimate of drug-likeness (QED) is 0.912. The molecule has 1 aromatic heterocycles. The first-order valence-electron chi connectivity index (χ1n) is 7.96. The lowest BCUT2D eigenvalue weighted by atomic mass is 10.2. The molecule has 1 aliphatic rings. The van der Waals surface area contributed by atoms with Crippen molar-refractivity contribution >= 4 is 10.0 Å². The number of nitrogens with one attached hydrogen (secondary N) is 1. The van der Waals surface area contributed by atoms with Crippen molar-refractivity contribution in [3.8, 4) is 6.07 Å². The van der Waals surface area contributed by atoms with Gasteiger partial charge in [0.1, 0.15) is 5.82 Å². The Labute approximate surface area is 141 Å². The minimum Gasteiger partial charge on any atom is -0.314 e. The largest absolute Gasteiger partial charge is 0.314 e. The third-order valence-electron chi connectivity index (χ3n) is 4.13. The van der Waals surface area contributed by atoms with Gasteiger partial charge in [0.2, 0.25) is 10.0 Å². The maximum atomic E-state index is 12.6. The van der Waals surface area contributed by atoms with E-state index in [1.54, 1.807) is 19.1 Å². The summed E-state index contributed by atoms with van der Waals surface area (Å²) >= 11 is 0. The number of hydrogen-bond acceptors (Lipinski definition) is 5. The molecule has 0 saturated heterocycles. The topological polar surface area (TPSA) is 101 Å². The van der Waals surface area contributed by atoms with Crippen LogP contribution in [0.25, 0.3) is 0 Å². The molecule has 3 rings (SSSR count). The zero-order valence-electron chi connectivity index (χ0n) is 13.4. The van der Waals surface area contributed by atoms with Crippen molar-refractivity contribution in [2.24, 2.45) is 0 Å². The average Bonchev–Trinajstić information content (AvgIpc) is 2.83. The number of nitriles is 1. The molecular formula is C16H19N5O2S. The number of nitrogens with zero attached hydrogens (tertiary/aromatic N) is 4. The molecule has 1 atom stereocenters. The second kappa shape index (κ2) is 6.71. The minimum atomic E-state index is -3.74. The van der Waals surface area contributed by atoms with Crippen molar-refractivity contribution < 1.29 is 8.42 Å². The fraction of sp³-hybridized carbons (Fsp3) is 0.438. The summed E-state index contributed by atoms with van der Waals surface area (Å²) in [4.78, 5) is 0.0732. The zero-order chi connectivity index (χ0) is 17.2. The SMILES string of the molecule is CC(NS(=O)(=O)c1cccc(C#N)c1)c1nnc2n1CCCCC2. The molecule has 0 bridgehead atoms. The van der Waals surface area contributed by atoms with Crippen LogP contribution in [0.4, 0.5) is 0 Å². The number of sulfonamides is 1. The van der Waals surface area contributed by atoms with E-state index in [2.05, 4.69) is 14.9 Å². The molecule has 1 N–H and O–H groups in total. The Morgan fingerprint density at radius 2 is 2.12 bits per heavy atom. The Kier molecular flexibility index (Phi) is 4.64. The van der Waals surface area contributed by atoms with E-state index in [1.165, 1.54) is 12.1 Å². The predicted octanol–water partition coefficient (Wildman–Crippen LogP) is 1.92. The molecule has 8 heteroatoms. The summed E-state index contributed by atoms with van der Waals surface area (Å²) in [5.41, 5.74) is 0.307. The molecule has 2 heterocycles. The van der Waals surface area contributed by atoms with Crippen LogP contribution in [0.15, 0.2) is 29.2 Å². The maximum Gasteiger partial charge on any atom is 0.241 e. The molecule has 1 unspecified atom stereocenters. The van der Waals surface area contributed by atoms with E-state index in [-0.39, 0.29) is 4.90 Å². The summed E-state index contributed by atoms with van der Waals surface area (Å²) < 4.78 is 29.8. The highest BCUT2D eigenvalue weighted by molar-refractivity contribution is 7.89. The molecule has 0 radical (unpaired) electrons. The van der Waals surface area contributed by atoms with Gasteiger partial charge in [0.15, 0.2) is 5.82 Å². The van der Waals surface area contributed by atoms with Gasteiger partial charge in [0.25, 0.3) is 0 Å². The van der Waals surface area contributed by atoms with Crippen LogP contribution >= 0.6 is 0 Å². The van der Waals surface area contributed by atoms with Crippen LogP contribution in [0.3, 0.4) is 0 Å². The molecule has 126 valence electrons. The molecule has 7 nitrogen and oxygen atoms in total. The molecule has 24 heavy (non-hydrogen) atoms. The van der Waals surface area contributed by atoms with Gasteiger partial charge in [-0.05, 0) is 38.0 Å². The average molecular weight is 345 g/mol. The van der Waals surface area contributed by atoms with Gasteiger partial charge in [0.05, 0.1) is 22.6 Å². The highest BCUT2D eigenvalue weighted by Gasteiger charge is 2.24. The summed E-state index contributed by atoms with van der Waals surface area (Å²) in [6.07, 6.45) is 4.14. The number of fused-ring (bicyclic) bond motifs is 1. The summed E-state index contributed by atoms with van der Waals surface area (Å²) in [6, 6.07) is 7.41. The number of aromatic nitrogens is 3. The van der Waals surface area contributed by atoms with Crippen LogP contribution in [0, 0.1) is 11.3 Å². The van der Waals surface area contributed by atoms with Crippen LogP contribution in [0.1, 0.15) is 49.4 Å². The van der Waals surface area contributed by atoms with Crippen molar-refractivity contribution in [3.63, 3.8) is 0 Å². The molecule has 1 aromatic carbocycles. The van der Waals surface area contributed by atoms with Crippen LogP contribution in [-0.2, 0) is 23.0 Å². The Morgan fingerprint density at radius 1 is 1.29 bits per heavy atom. The van der Waals surface area contributed by atoms with E-state index in [1.807, 2.05) is 10.6 Å². The first-order valence-corrected chi connectivity index (χ1v) is 9.44. The van der Waals surface area contributed by atoms with Crippen LogP contribution in [0.5, 0.6) is 0 Å². The first-order chi connectivity index (χ1) is 11.5. The molecule has 0 fully saturated rings. The van der Waals surface area contributed by atoms with E-state index in [9.17, 15) is 8.42 Å². The zero-order valence-corrected chi connectivity index (χ0v) is 14.3. The normalized spacial score (nSPS) is 16.0. The Morgan fingerprint density at radius 3 is 2.92 bits per heavy atom. The molecule has 0 spiro atoms. The summed E-state index contributed by atoms with van der Waals surface area (Å²) in [5, 5.41) is 17.3. The van der Waals surface area contributed by atoms with Crippen molar-refractivity contribution in [2.75, 3.05) is 0 Å². The number of benzene rings is 1. The first kappa shape index (κ1) is 16.6. The van der Waals surface area contributed by atoms with E-state index in [0.29, 0.717) is 11.4 Å². The summed E-state index contributed by atoms with van der Waals surface area (Å²) in [6.45, 7) is 2.57. The van der Waals surface area contributed by atoms with Gasteiger partial charge in [-0.1, -0.05) is 12.5 Å². The van der Waals surface area contributed by atoms with Gasteiger partial charge in [-0.2, -0.15) is 5.26 Å². The lowest BCUT2D eigenvalue weighted by Gasteiger charge is -2.15. The van der Waals surface area contributed by atoms with E-state index in [0.717, 1.165) is 38.1 Å².